The highest BCUT2D eigenvalue weighted by Gasteiger charge is 2.62. The van der Waals surface area contributed by atoms with E-state index in [1.807, 2.05) is 7.11 Å². The number of halogens is 1. The zero-order chi connectivity index (χ0) is 17.2. The topological polar surface area (TPSA) is 60.0 Å². The van der Waals surface area contributed by atoms with E-state index in [2.05, 4.69) is 48.0 Å². The molecule has 4 nitrogen and oxygen atoms in total. The number of hydrogen-bond donors (Lipinski definition) is 1. The molecule has 3 aliphatic rings. The van der Waals surface area contributed by atoms with E-state index in [1.54, 1.807) is 6.21 Å². The third-order valence-electron chi connectivity index (χ3n) is 6.70. The first kappa shape index (κ1) is 16.3. The van der Waals surface area contributed by atoms with Crippen molar-refractivity contribution in [1.82, 2.24) is 0 Å². The SMILES string of the molecule is CO[C@]1(C)CC[C@]2(Cc3ccc(Br)cc3C23N=CC(N)=N3)CC1C. The third kappa shape index (κ3) is 2.00. The number of nitrogens with two attached hydrogens (primary N) is 1. The predicted molar refractivity (Wildman–Crippen MR) is 101 cm³/mol. The van der Waals surface area contributed by atoms with Crippen molar-refractivity contribution in [3.63, 3.8) is 0 Å². The van der Waals surface area contributed by atoms with Crippen LogP contribution in [-0.4, -0.2) is 24.8 Å². The molecule has 1 aliphatic heterocycles. The summed E-state index contributed by atoms with van der Waals surface area (Å²) < 4.78 is 6.92. The average molecular weight is 390 g/mol. The quantitative estimate of drug-likeness (QED) is 0.793. The standard InChI is InChI=1S/C19H24BrN3O/c1-12-9-18(7-6-17(12,2)24-3)10-13-4-5-14(20)8-15(13)19(18)22-11-16(21)23-19/h4-5,8,11-12H,6-7,9-10H2,1-3H3,(H2,21,23)/t12?,17-,18-,19?/m1/s1. The molecule has 24 heavy (non-hydrogen) atoms. The number of aliphatic imine (C=N–C) groups is 2. The molecular weight excluding hydrogens is 366 g/mol. The largest absolute Gasteiger partial charge is 0.383 e. The molecule has 128 valence electrons. The summed E-state index contributed by atoms with van der Waals surface area (Å²) in [6, 6.07) is 6.51. The van der Waals surface area contributed by atoms with Gasteiger partial charge in [-0.2, -0.15) is 0 Å². The summed E-state index contributed by atoms with van der Waals surface area (Å²) in [5, 5.41) is 0. The van der Waals surface area contributed by atoms with Crippen molar-refractivity contribution in [3.05, 3.63) is 33.8 Å². The number of benzene rings is 1. The molecule has 0 aromatic heterocycles. The zero-order valence-electron chi connectivity index (χ0n) is 14.5. The van der Waals surface area contributed by atoms with E-state index in [1.165, 1.54) is 11.1 Å². The molecule has 4 rings (SSSR count). The average Bonchev–Trinajstić information content (AvgIpc) is 3.06. The van der Waals surface area contributed by atoms with Crippen molar-refractivity contribution < 1.29 is 4.74 Å². The van der Waals surface area contributed by atoms with Gasteiger partial charge in [-0.15, -0.1) is 0 Å². The molecule has 1 saturated carbocycles. The monoisotopic (exact) mass is 389 g/mol. The minimum Gasteiger partial charge on any atom is -0.383 e. The first-order chi connectivity index (χ1) is 11.3. The molecule has 1 heterocycles. The Balaban J connectivity index is 1.85. The minimum atomic E-state index is -0.556. The van der Waals surface area contributed by atoms with Crippen LogP contribution in [0.1, 0.15) is 44.2 Å². The number of rotatable bonds is 1. The Kier molecular flexibility index (Phi) is 3.49. The summed E-state index contributed by atoms with van der Waals surface area (Å²) in [6.45, 7) is 4.52. The fourth-order valence-corrected chi connectivity index (χ4v) is 5.37. The summed E-state index contributed by atoms with van der Waals surface area (Å²) in [5.41, 5.74) is 7.98. The zero-order valence-corrected chi connectivity index (χ0v) is 16.1. The fraction of sp³-hybridized carbons (Fsp3) is 0.579. The van der Waals surface area contributed by atoms with Crippen molar-refractivity contribution in [3.8, 4) is 0 Å². The van der Waals surface area contributed by atoms with Gasteiger partial charge in [-0.25, -0.2) is 4.99 Å². The Morgan fingerprint density at radius 2 is 2.12 bits per heavy atom. The molecule has 1 fully saturated rings. The van der Waals surface area contributed by atoms with Crippen LogP contribution in [-0.2, 0) is 16.8 Å². The van der Waals surface area contributed by atoms with E-state index in [0.29, 0.717) is 11.8 Å². The van der Waals surface area contributed by atoms with Gasteiger partial charge in [0.05, 0.1) is 11.8 Å². The molecule has 1 aromatic carbocycles. The normalized spacial score (nSPS) is 40.3. The summed E-state index contributed by atoms with van der Waals surface area (Å²) >= 11 is 3.61. The second-order valence-corrected chi connectivity index (χ2v) is 8.76. The van der Waals surface area contributed by atoms with Crippen LogP contribution in [0.3, 0.4) is 0 Å². The van der Waals surface area contributed by atoms with E-state index >= 15 is 0 Å². The van der Waals surface area contributed by atoms with Crippen LogP contribution in [0.4, 0.5) is 0 Å². The van der Waals surface area contributed by atoms with Gasteiger partial charge < -0.3 is 10.5 Å². The number of ether oxygens (including phenoxy) is 1. The molecule has 2 aliphatic carbocycles. The first-order valence-corrected chi connectivity index (χ1v) is 9.38. The highest BCUT2D eigenvalue weighted by molar-refractivity contribution is 9.10. The van der Waals surface area contributed by atoms with E-state index < -0.39 is 5.66 Å². The number of fused-ring (bicyclic) bond motifs is 3. The highest BCUT2D eigenvalue weighted by Crippen LogP contribution is 2.63. The smallest absolute Gasteiger partial charge is 0.184 e. The molecule has 0 radical (unpaired) electrons. The molecule has 2 spiro atoms. The lowest BCUT2D eigenvalue weighted by Crippen LogP contribution is -2.50. The van der Waals surface area contributed by atoms with E-state index in [0.717, 1.165) is 30.2 Å². The first-order valence-electron chi connectivity index (χ1n) is 8.59. The Bertz CT molecular complexity index is 761. The Hall–Kier alpha value is -1.20. The maximum Gasteiger partial charge on any atom is 0.184 e. The Morgan fingerprint density at radius 1 is 1.33 bits per heavy atom. The molecule has 0 saturated heterocycles. The van der Waals surface area contributed by atoms with Gasteiger partial charge in [0.25, 0.3) is 0 Å². The van der Waals surface area contributed by atoms with Gasteiger partial charge >= 0.3 is 0 Å². The van der Waals surface area contributed by atoms with E-state index in [4.69, 9.17) is 20.5 Å². The fourth-order valence-electron chi connectivity index (χ4n) is 5.01. The summed E-state index contributed by atoms with van der Waals surface area (Å²) in [4.78, 5) is 9.80. The van der Waals surface area contributed by atoms with Crippen LogP contribution in [0.5, 0.6) is 0 Å². The van der Waals surface area contributed by atoms with Gasteiger partial charge in [-0.05, 0) is 56.2 Å². The minimum absolute atomic E-state index is 0.00873. The van der Waals surface area contributed by atoms with E-state index in [9.17, 15) is 0 Å². The third-order valence-corrected chi connectivity index (χ3v) is 7.19. The van der Waals surface area contributed by atoms with Crippen LogP contribution in [0.15, 0.2) is 32.7 Å². The lowest BCUT2D eigenvalue weighted by molar-refractivity contribution is -0.106. The molecule has 5 heteroatoms. The molecule has 4 atom stereocenters. The molecule has 2 N–H and O–H groups in total. The van der Waals surface area contributed by atoms with Gasteiger partial charge in [0.2, 0.25) is 0 Å². The van der Waals surface area contributed by atoms with Gasteiger partial charge in [-0.1, -0.05) is 28.9 Å². The van der Waals surface area contributed by atoms with Crippen LogP contribution in [0.25, 0.3) is 0 Å². The van der Waals surface area contributed by atoms with Crippen molar-refractivity contribution in [1.29, 1.82) is 0 Å². The number of hydrogen-bond acceptors (Lipinski definition) is 4. The van der Waals surface area contributed by atoms with Crippen LogP contribution in [0.2, 0.25) is 0 Å². The Morgan fingerprint density at radius 3 is 2.75 bits per heavy atom. The number of amidine groups is 1. The summed E-state index contributed by atoms with van der Waals surface area (Å²) in [5.74, 6) is 0.980. The van der Waals surface area contributed by atoms with Crippen LogP contribution < -0.4 is 5.73 Å². The molecular formula is C19H24BrN3O. The lowest BCUT2D eigenvalue weighted by atomic mass is 9.59. The predicted octanol–water partition coefficient (Wildman–Crippen LogP) is 3.81. The number of nitrogens with zero attached hydrogens (tertiary/aromatic N) is 2. The maximum atomic E-state index is 6.05. The van der Waals surface area contributed by atoms with Crippen molar-refractivity contribution in [2.75, 3.05) is 7.11 Å². The highest BCUT2D eigenvalue weighted by atomic mass is 79.9. The lowest BCUT2D eigenvalue weighted by Gasteiger charge is -2.51. The van der Waals surface area contributed by atoms with Crippen molar-refractivity contribution in [2.24, 2.45) is 27.1 Å². The van der Waals surface area contributed by atoms with Crippen molar-refractivity contribution >= 4 is 28.0 Å². The summed E-state index contributed by atoms with van der Waals surface area (Å²) in [7, 11) is 1.83. The second-order valence-electron chi connectivity index (χ2n) is 7.85. The van der Waals surface area contributed by atoms with E-state index in [-0.39, 0.29) is 11.0 Å². The van der Waals surface area contributed by atoms with Gasteiger partial charge in [0.1, 0.15) is 5.84 Å². The Labute approximate surface area is 151 Å². The van der Waals surface area contributed by atoms with Gasteiger partial charge in [0.15, 0.2) is 5.66 Å². The molecule has 0 bridgehead atoms. The number of methoxy groups -OCH3 is 1. The molecule has 0 amide bonds. The second kappa shape index (κ2) is 5.15. The van der Waals surface area contributed by atoms with Gasteiger partial charge in [0, 0.05) is 22.6 Å². The van der Waals surface area contributed by atoms with Crippen LogP contribution in [0, 0.1) is 11.3 Å². The molecule has 2 unspecified atom stereocenters. The van der Waals surface area contributed by atoms with Gasteiger partial charge in [-0.3, -0.25) is 4.99 Å². The molecule has 1 aromatic rings. The maximum absolute atomic E-state index is 6.05. The van der Waals surface area contributed by atoms with Crippen LogP contribution >= 0.6 is 15.9 Å². The van der Waals surface area contributed by atoms with Crippen molar-refractivity contribution in [2.45, 2.75) is 50.8 Å². The summed E-state index contributed by atoms with van der Waals surface area (Å²) in [6.07, 6.45) is 5.85.